The molecule has 0 fully saturated rings. The van der Waals surface area contributed by atoms with Crippen molar-refractivity contribution >= 4 is 11.8 Å². The minimum atomic E-state index is 0.861. The summed E-state index contributed by atoms with van der Waals surface area (Å²) in [6.45, 7) is 3.94. The lowest BCUT2D eigenvalue weighted by Crippen LogP contribution is -2.11. The highest BCUT2D eigenvalue weighted by atomic mass is 32.2. The lowest BCUT2D eigenvalue weighted by atomic mass is 10.4. The van der Waals surface area contributed by atoms with Gasteiger partial charge in [0, 0.05) is 23.3 Å². The number of aromatic nitrogens is 2. The minimum absolute atomic E-state index is 0.861. The summed E-state index contributed by atoms with van der Waals surface area (Å²) in [7, 11) is 0. The number of hydrogen-bond acceptors (Lipinski definition) is 3. The van der Waals surface area contributed by atoms with Crippen molar-refractivity contribution < 1.29 is 0 Å². The molecule has 1 aromatic carbocycles. The Labute approximate surface area is 106 Å². The highest BCUT2D eigenvalue weighted by Gasteiger charge is 2.01. The molecule has 4 heteroatoms. The van der Waals surface area contributed by atoms with Gasteiger partial charge >= 0.3 is 0 Å². The third-order valence-corrected chi connectivity index (χ3v) is 3.39. The Morgan fingerprint density at radius 2 is 2.12 bits per heavy atom. The monoisotopic (exact) mass is 247 g/mol. The average molecular weight is 247 g/mol. The molecule has 0 aliphatic heterocycles. The van der Waals surface area contributed by atoms with E-state index < -0.39 is 0 Å². The molecule has 90 valence electrons. The highest BCUT2D eigenvalue weighted by Crippen LogP contribution is 2.20. The van der Waals surface area contributed by atoms with Gasteiger partial charge in [0.2, 0.25) is 0 Å². The van der Waals surface area contributed by atoms with E-state index in [9.17, 15) is 0 Å². The fourth-order valence-corrected chi connectivity index (χ4v) is 2.30. The molecule has 0 amide bonds. The van der Waals surface area contributed by atoms with Crippen LogP contribution in [-0.2, 0) is 12.3 Å². The summed E-state index contributed by atoms with van der Waals surface area (Å²) < 4.78 is 0. The van der Waals surface area contributed by atoms with Crippen LogP contribution in [0, 0.1) is 0 Å². The third-order valence-electron chi connectivity index (χ3n) is 2.37. The van der Waals surface area contributed by atoms with E-state index >= 15 is 0 Å². The normalized spacial score (nSPS) is 10.6. The van der Waals surface area contributed by atoms with Crippen LogP contribution in [0.2, 0.25) is 0 Å². The quantitative estimate of drug-likeness (QED) is 0.771. The zero-order chi connectivity index (χ0) is 11.9. The van der Waals surface area contributed by atoms with Gasteiger partial charge in [0.05, 0.1) is 5.75 Å². The van der Waals surface area contributed by atoms with E-state index in [2.05, 4.69) is 46.5 Å². The van der Waals surface area contributed by atoms with Crippen LogP contribution in [-0.4, -0.2) is 16.5 Å². The third kappa shape index (κ3) is 3.91. The van der Waals surface area contributed by atoms with Crippen molar-refractivity contribution in [2.75, 3.05) is 6.54 Å². The van der Waals surface area contributed by atoms with Gasteiger partial charge in [-0.15, -0.1) is 11.8 Å². The van der Waals surface area contributed by atoms with Crippen molar-refractivity contribution in [3.05, 3.63) is 48.0 Å². The van der Waals surface area contributed by atoms with Crippen LogP contribution in [0.1, 0.15) is 18.4 Å². The maximum absolute atomic E-state index is 4.37. The number of benzene rings is 1. The van der Waals surface area contributed by atoms with Crippen molar-refractivity contribution in [1.82, 2.24) is 15.3 Å². The first-order chi connectivity index (χ1) is 8.38. The molecule has 2 aromatic rings. The largest absolute Gasteiger partial charge is 0.344 e. The van der Waals surface area contributed by atoms with Crippen molar-refractivity contribution in [1.29, 1.82) is 0 Å². The molecule has 0 saturated heterocycles. The number of hydrogen-bond donors (Lipinski definition) is 2. The van der Waals surface area contributed by atoms with Crippen LogP contribution in [0.25, 0.3) is 0 Å². The first kappa shape index (κ1) is 12.2. The molecule has 0 aliphatic carbocycles. The van der Waals surface area contributed by atoms with Gasteiger partial charge < -0.3 is 10.3 Å². The maximum Gasteiger partial charge on any atom is 0.116 e. The van der Waals surface area contributed by atoms with Crippen molar-refractivity contribution in [3.8, 4) is 0 Å². The van der Waals surface area contributed by atoms with Gasteiger partial charge in [0.15, 0.2) is 0 Å². The van der Waals surface area contributed by atoms with Crippen molar-refractivity contribution in [3.63, 3.8) is 0 Å². The fourth-order valence-electron chi connectivity index (χ4n) is 1.50. The van der Waals surface area contributed by atoms with Gasteiger partial charge in [-0.2, -0.15) is 0 Å². The summed E-state index contributed by atoms with van der Waals surface area (Å²) in [6, 6.07) is 10.4. The lowest BCUT2D eigenvalue weighted by molar-refractivity contribution is 0.713. The maximum atomic E-state index is 4.37. The summed E-state index contributed by atoms with van der Waals surface area (Å²) in [5.74, 6) is 1.92. The number of H-pyrrole nitrogens is 1. The molecule has 0 atom stereocenters. The second-order valence-corrected chi connectivity index (χ2v) is 4.79. The SMILES string of the molecule is CCNCc1cnc(CSc2ccccc2)[nH]1. The molecule has 0 radical (unpaired) electrons. The van der Waals surface area contributed by atoms with E-state index in [4.69, 9.17) is 0 Å². The molecule has 0 bridgehead atoms. The number of rotatable bonds is 6. The molecule has 1 heterocycles. The summed E-state index contributed by atoms with van der Waals surface area (Å²) in [5, 5.41) is 3.27. The molecule has 0 aliphatic rings. The summed E-state index contributed by atoms with van der Waals surface area (Å²) in [6.07, 6.45) is 1.91. The van der Waals surface area contributed by atoms with E-state index in [1.807, 2.05) is 12.3 Å². The molecule has 3 nitrogen and oxygen atoms in total. The van der Waals surface area contributed by atoms with E-state index in [0.717, 1.165) is 30.4 Å². The molecule has 0 saturated carbocycles. The van der Waals surface area contributed by atoms with Gasteiger partial charge in [-0.05, 0) is 18.7 Å². The topological polar surface area (TPSA) is 40.7 Å². The number of imidazole rings is 1. The molecular formula is C13H17N3S. The molecule has 2 rings (SSSR count). The Kier molecular flexibility index (Phi) is 4.64. The fraction of sp³-hybridized carbons (Fsp3) is 0.308. The van der Waals surface area contributed by atoms with Gasteiger partial charge in [-0.1, -0.05) is 25.1 Å². The van der Waals surface area contributed by atoms with Crippen LogP contribution in [0.15, 0.2) is 41.4 Å². The number of nitrogens with one attached hydrogen (secondary N) is 2. The second kappa shape index (κ2) is 6.47. The Bertz CT molecular complexity index is 439. The first-order valence-corrected chi connectivity index (χ1v) is 6.78. The van der Waals surface area contributed by atoms with E-state index in [-0.39, 0.29) is 0 Å². The van der Waals surface area contributed by atoms with Gasteiger partial charge in [0.25, 0.3) is 0 Å². The average Bonchev–Trinajstić information content (AvgIpc) is 2.83. The highest BCUT2D eigenvalue weighted by molar-refractivity contribution is 7.98. The van der Waals surface area contributed by atoms with Crippen LogP contribution >= 0.6 is 11.8 Å². The first-order valence-electron chi connectivity index (χ1n) is 5.80. The van der Waals surface area contributed by atoms with Crippen LogP contribution in [0.4, 0.5) is 0 Å². The molecule has 17 heavy (non-hydrogen) atoms. The standard InChI is InChI=1S/C13H17N3S/c1-2-14-8-11-9-15-13(16-11)10-17-12-6-4-3-5-7-12/h3-7,9,14H,2,8,10H2,1H3,(H,15,16). The Hall–Kier alpha value is -1.26. The van der Waals surface area contributed by atoms with E-state index in [0.29, 0.717) is 0 Å². The van der Waals surface area contributed by atoms with Gasteiger partial charge in [-0.25, -0.2) is 4.98 Å². The van der Waals surface area contributed by atoms with Crippen LogP contribution < -0.4 is 5.32 Å². The Balaban J connectivity index is 1.85. The zero-order valence-electron chi connectivity index (χ0n) is 9.94. The molecule has 1 aromatic heterocycles. The van der Waals surface area contributed by atoms with Crippen molar-refractivity contribution in [2.45, 2.75) is 24.1 Å². The number of thioether (sulfide) groups is 1. The van der Waals surface area contributed by atoms with Gasteiger partial charge in [0.1, 0.15) is 5.82 Å². The predicted octanol–water partition coefficient (Wildman–Crippen LogP) is 2.81. The van der Waals surface area contributed by atoms with Crippen LogP contribution in [0.3, 0.4) is 0 Å². The lowest BCUT2D eigenvalue weighted by Gasteiger charge is -1.99. The van der Waals surface area contributed by atoms with Crippen molar-refractivity contribution in [2.24, 2.45) is 0 Å². The Morgan fingerprint density at radius 1 is 1.29 bits per heavy atom. The number of aromatic amines is 1. The van der Waals surface area contributed by atoms with E-state index in [1.54, 1.807) is 11.8 Å². The smallest absolute Gasteiger partial charge is 0.116 e. The van der Waals surface area contributed by atoms with Gasteiger partial charge in [-0.3, -0.25) is 0 Å². The van der Waals surface area contributed by atoms with Crippen LogP contribution in [0.5, 0.6) is 0 Å². The second-order valence-electron chi connectivity index (χ2n) is 3.74. The summed E-state index contributed by atoms with van der Waals surface area (Å²) in [5.41, 5.74) is 1.15. The molecule has 2 N–H and O–H groups in total. The number of nitrogens with zero attached hydrogens (tertiary/aromatic N) is 1. The zero-order valence-corrected chi connectivity index (χ0v) is 10.8. The Morgan fingerprint density at radius 3 is 2.88 bits per heavy atom. The molecule has 0 unspecified atom stereocenters. The van der Waals surface area contributed by atoms with E-state index in [1.165, 1.54) is 4.90 Å². The summed E-state index contributed by atoms with van der Waals surface area (Å²) in [4.78, 5) is 8.97. The molecular weight excluding hydrogens is 230 g/mol. The minimum Gasteiger partial charge on any atom is -0.344 e. The predicted molar refractivity (Wildman–Crippen MR) is 72.0 cm³/mol. The summed E-state index contributed by atoms with van der Waals surface area (Å²) >= 11 is 1.80. The molecule has 0 spiro atoms.